The molecule has 18 heavy (non-hydrogen) atoms. The summed E-state index contributed by atoms with van der Waals surface area (Å²) in [6.45, 7) is 10.4. The smallest absolute Gasteiger partial charge is 0.146 e. The van der Waals surface area contributed by atoms with Crippen LogP contribution in [0.25, 0.3) is 0 Å². The van der Waals surface area contributed by atoms with Crippen LogP contribution in [0.1, 0.15) is 33.3 Å². The first-order valence-corrected chi connectivity index (χ1v) is 6.54. The molecule has 1 heterocycles. The van der Waals surface area contributed by atoms with Gasteiger partial charge in [-0.2, -0.15) is 0 Å². The third-order valence-corrected chi connectivity index (χ3v) is 3.49. The first kappa shape index (κ1) is 13.3. The zero-order chi connectivity index (χ0) is 13.3. The lowest BCUT2D eigenvalue weighted by Gasteiger charge is -2.35. The number of halogens is 1. The number of hydrogen-bond acceptors (Lipinski definition) is 2. The van der Waals surface area contributed by atoms with E-state index < -0.39 is 0 Å². The third kappa shape index (κ3) is 2.66. The maximum absolute atomic E-state index is 14.3. The molecule has 100 valence electrons. The highest BCUT2D eigenvalue weighted by Gasteiger charge is 2.23. The van der Waals surface area contributed by atoms with Crippen molar-refractivity contribution in [2.24, 2.45) is 0 Å². The fourth-order valence-electron chi connectivity index (χ4n) is 2.29. The van der Waals surface area contributed by atoms with Gasteiger partial charge in [0.2, 0.25) is 0 Å². The molecule has 0 N–H and O–H groups in total. The maximum atomic E-state index is 14.3. The summed E-state index contributed by atoms with van der Waals surface area (Å²) in [4.78, 5) is 2.09. The fourth-order valence-corrected chi connectivity index (χ4v) is 2.29. The van der Waals surface area contributed by atoms with E-state index in [1.165, 1.54) is 0 Å². The van der Waals surface area contributed by atoms with Crippen LogP contribution in [0.4, 0.5) is 10.1 Å². The number of benzene rings is 1. The fraction of sp³-hybridized carbons (Fsp3) is 0.600. The second-order valence-electron chi connectivity index (χ2n) is 6.03. The summed E-state index contributed by atoms with van der Waals surface area (Å²) in [6.07, 6.45) is 0. The Kier molecular flexibility index (Phi) is 3.62. The molecule has 0 aromatic heterocycles. The zero-order valence-electron chi connectivity index (χ0n) is 11.7. The molecule has 0 aliphatic carbocycles. The molecule has 1 aromatic rings. The Hall–Kier alpha value is -1.09. The Morgan fingerprint density at radius 1 is 1.33 bits per heavy atom. The molecule has 0 unspecified atom stereocenters. The van der Waals surface area contributed by atoms with E-state index in [0.717, 1.165) is 12.1 Å². The van der Waals surface area contributed by atoms with Crippen molar-refractivity contribution in [3.63, 3.8) is 0 Å². The molecule has 1 aliphatic heterocycles. The molecule has 0 saturated carbocycles. The number of morpholine rings is 1. The molecule has 0 radical (unpaired) electrons. The lowest BCUT2D eigenvalue weighted by atomic mass is 9.87. The van der Waals surface area contributed by atoms with Gasteiger partial charge in [-0.25, -0.2) is 4.39 Å². The van der Waals surface area contributed by atoms with Crippen molar-refractivity contribution < 1.29 is 9.13 Å². The molecule has 3 heteroatoms. The molecule has 0 amide bonds. The van der Waals surface area contributed by atoms with Gasteiger partial charge in [-0.05, 0) is 30.0 Å². The summed E-state index contributed by atoms with van der Waals surface area (Å²) in [7, 11) is 0. The van der Waals surface area contributed by atoms with Crippen molar-refractivity contribution in [1.82, 2.24) is 0 Å². The highest BCUT2D eigenvalue weighted by atomic mass is 19.1. The summed E-state index contributed by atoms with van der Waals surface area (Å²) in [5, 5.41) is 0. The van der Waals surface area contributed by atoms with E-state index in [1.54, 1.807) is 6.07 Å². The Morgan fingerprint density at radius 3 is 2.61 bits per heavy atom. The zero-order valence-corrected chi connectivity index (χ0v) is 11.7. The first-order valence-electron chi connectivity index (χ1n) is 6.54. The molecule has 1 saturated heterocycles. The SMILES string of the molecule is C[C@H]1COCCN1c1ccc(C(C)(C)C)cc1F. The van der Waals surface area contributed by atoms with Crippen molar-refractivity contribution in [2.75, 3.05) is 24.7 Å². The molecule has 2 rings (SSSR count). The van der Waals surface area contributed by atoms with Gasteiger partial charge >= 0.3 is 0 Å². The van der Waals surface area contributed by atoms with Crippen LogP contribution >= 0.6 is 0 Å². The summed E-state index contributed by atoms with van der Waals surface area (Å²) < 4.78 is 19.6. The van der Waals surface area contributed by atoms with E-state index >= 15 is 0 Å². The van der Waals surface area contributed by atoms with Crippen molar-refractivity contribution in [1.29, 1.82) is 0 Å². The average Bonchev–Trinajstić information content (AvgIpc) is 2.29. The van der Waals surface area contributed by atoms with E-state index in [-0.39, 0.29) is 17.3 Å². The molecule has 0 bridgehead atoms. The monoisotopic (exact) mass is 251 g/mol. The quantitative estimate of drug-likeness (QED) is 0.759. The highest BCUT2D eigenvalue weighted by molar-refractivity contribution is 5.51. The molecule has 1 fully saturated rings. The topological polar surface area (TPSA) is 12.5 Å². The Labute approximate surface area is 109 Å². The van der Waals surface area contributed by atoms with Crippen molar-refractivity contribution in [2.45, 2.75) is 39.2 Å². The number of hydrogen-bond donors (Lipinski definition) is 0. The summed E-state index contributed by atoms with van der Waals surface area (Å²) in [5.74, 6) is -0.129. The minimum atomic E-state index is -0.129. The van der Waals surface area contributed by atoms with Crippen molar-refractivity contribution in [3.05, 3.63) is 29.6 Å². The number of ether oxygens (including phenoxy) is 1. The van der Waals surface area contributed by atoms with Gasteiger partial charge in [-0.15, -0.1) is 0 Å². The van der Waals surface area contributed by atoms with Crippen LogP contribution < -0.4 is 4.90 Å². The normalized spacial score (nSPS) is 21.2. The minimum absolute atomic E-state index is 0.0179. The molecule has 1 aliphatic rings. The van der Waals surface area contributed by atoms with Gasteiger partial charge < -0.3 is 9.64 Å². The highest BCUT2D eigenvalue weighted by Crippen LogP contribution is 2.29. The predicted molar refractivity (Wildman–Crippen MR) is 72.7 cm³/mol. The third-order valence-electron chi connectivity index (χ3n) is 3.49. The van der Waals surface area contributed by atoms with Crippen LogP contribution in [0.15, 0.2) is 18.2 Å². The van der Waals surface area contributed by atoms with Gasteiger partial charge in [-0.1, -0.05) is 26.8 Å². The van der Waals surface area contributed by atoms with E-state index in [0.29, 0.717) is 18.9 Å². The first-order chi connectivity index (χ1) is 8.39. The minimum Gasteiger partial charge on any atom is -0.377 e. The van der Waals surface area contributed by atoms with Gasteiger partial charge in [0.1, 0.15) is 5.82 Å². The summed E-state index contributed by atoms with van der Waals surface area (Å²) >= 11 is 0. The molecular weight excluding hydrogens is 229 g/mol. The molecule has 2 nitrogen and oxygen atoms in total. The standard InChI is InChI=1S/C15H22FNO/c1-11-10-18-8-7-17(11)14-6-5-12(9-13(14)16)15(2,3)4/h5-6,9,11H,7-8,10H2,1-4H3/t11-/m0/s1. The molecule has 1 atom stereocenters. The van der Waals surface area contributed by atoms with Gasteiger partial charge in [0.25, 0.3) is 0 Å². The van der Waals surface area contributed by atoms with E-state index in [2.05, 4.69) is 32.6 Å². The van der Waals surface area contributed by atoms with Crippen LogP contribution in [0.3, 0.4) is 0 Å². The summed E-state index contributed by atoms with van der Waals surface area (Å²) in [5.41, 5.74) is 1.71. The van der Waals surface area contributed by atoms with Crippen LogP contribution in [-0.2, 0) is 10.2 Å². The number of anilines is 1. The summed E-state index contributed by atoms with van der Waals surface area (Å²) in [6, 6.07) is 5.82. The molecular formula is C15H22FNO. The van der Waals surface area contributed by atoms with Gasteiger partial charge in [0, 0.05) is 12.6 Å². The van der Waals surface area contributed by atoms with Crippen LogP contribution in [0, 0.1) is 5.82 Å². The largest absolute Gasteiger partial charge is 0.377 e. The van der Waals surface area contributed by atoms with E-state index in [1.807, 2.05) is 12.1 Å². The molecule has 1 aromatic carbocycles. The van der Waals surface area contributed by atoms with Crippen LogP contribution in [-0.4, -0.2) is 25.8 Å². The lowest BCUT2D eigenvalue weighted by Crippen LogP contribution is -2.44. The predicted octanol–water partition coefficient (Wildman–Crippen LogP) is 3.35. The van der Waals surface area contributed by atoms with Gasteiger partial charge in [-0.3, -0.25) is 0 Å². The second kappa shape index (κ2) is 4.88. The van der Waals surface area contributed by atoms with E-state index in [4.69, 9.17) is 4.74 Å². The average molecular weight is 251 g/mol. The number of nitrogens with zero attached hydrogens (tertiary/aromatic N) is 1. The van der Waals surface area contributed by atoms with Gasteiger partial charge in [0.05, 0.1) is 18.9 Å². The maximum Gasteiger partial charge on any atom is 0.146 e. The molecule has 0 spiro atoms. The van der Waals surface area contributed by atoms with Crippen LogP contribution in [0.2, 0.25) is 0 Å². The Bertz CT molecular complexity index is 425. The van der Waals surface area contributed by atoms with Crippen LogP contribution in [0.5, 0.6) is 0 Å². The van der Waals surface area contributed by atoms with Crippen molar-refractivity contribution >= 4 is 5.69 Å². The second-order valence-corrected chi connectivity index (χ2v) is 6.03. The van der Waals surface area contributed by atoms with Crippen molar-refractivity contribution in [3.8, 4) is 0 Å². The van der Waals surface area contributed by atoms with Gasteiger partial charge in [0.15, 0.2) is 0 Å². The lowest BCUT2D eigenvalue weighted by molar-refractivity contribution is 0.0986. The number of rotatable bonds is 1. The van der Waals surface area contributed by atoms with E-state index in [9.17, 15) is 4.39 Å². The Balaban J connectivity index is 2.29. The Morgan fingerprint density at radius 2 is 2.06 bits per heavy atom.